The molecule has 0 N–H and O–H groups in total. The van der Waals surface area contributed by atoms with Gasteiger partial charge in [-0.15, -0.1) is 0 Å². The lowest BCUT2D eigenvalue weighted by Gasteiger charge is -2.14. The summed E-state index contributed by atoms with van der Waals surface area (Å²) in [7, 11) is 0. The van der Waals surface area contributed by atoms with Crippen LogP contribution in [-0.4, -0.2) is 15.0 Å². The molecular formula is C40H25N3O. The van der Waals surface area contributed by atoms with E-state index in [1.165, 1.54) is 27.8 Å². The lowest BCUT2D eigenvalue weighted by molar-refractivity contribution is 0.669. The van der Waals surface area contributed by atoms with E-state index in [9.17, 15) is 0 Å². The lowest BCUT2D eigenvalue weighted by atomic mass is 9.88. The summed E-state index contributed by atoms with van der Waals surface area (Å²) in [6, 6.07) is 50.4. The molecular weight excluding hydrogens is 538 g/mol. The highest BCUT2D eigenvalue weighted by atomic mass is 16.3. The molecule has 4 heteroatoms. The van der Waals surface area contributed by atoms with Gasteiger partial charge in [0.25, 0.3) is 0 Å². The van der Waals surface area contributed by atoms with Crippen LogP contribution in [0.2, 0.25) is 0 Å². The standard InChI is InChI=1S/C40H25N3O/c1-3-12-25(13-4-1)38-41-39(26-14-5-2-6-15-26)43-40(42-38)33-21-11-20-32-34-24-27(22-23-35(34)44-37(32)33)36-30-18-9-7-16-28(30)29-17-8-10-19-31(29)36/h1-24,36H. The van der Waals surface area contributed by atoms with Crippen molar-refractivity contribution < 1.29 is 4.42 Å². The molecule has 2 aromatic heterocycles. The second-order valence-corrected chi connectivity index (χ2v) is 11.2. The van der Waals surface area contributed by atoms with Gasteiger partial charge in [0.2, 0.25) is 0 Å². The second-order valence-electron chi connectivity index (χ2n) is 11.2. The van der Waals surface area contributed by atoms with Crippen molar-refractivity contribution in [2.45, 2.75) is 5.92 Å². The number of rotatable bonds is 4. The smallest absolute Gasteiger partial charge is 0.167 e. The Morgan fingerprint density at radius 3 is 1.61 bits per heavy atom. The largest absolute Gasteiger partial charge is 0.455 e. The van der Waals surface area contributed by atoms with Crippen molar-refractivity contribution in [3.05, 3.63) is 162 Å². The van der Waals surface area contributed by atoms with Crippen LogP contribution in [0.25, 0.3) is 67.2 Å². The fourth-order valence-corrected chi connectivity index (χ4v) is 6.62. The average Bonchev–Trinajstić information content (AvgIpc) is 3.64. The SMILES string of the molecule is c1ccc(-c2nc(-c3ccccc3)nc(-c3cccc4c3oc3ccc(C5c6ccccc6-c6ccccc65)cc34)n2)cc1. The molecule has 1 aliphatic rings. The summed E-state index contributed by atoms with van der Waals surface area (Å²) in [6.07, 6.45) is 0. The minimum atomic E-state index is 0.172. The van der Waals surface area contributed by atoms with Crippen molar-refractivity contribution >= 4 is 21.9 Å². The Balaban J connectivity index is 1.23. The third kappa shape index (κ3) is 3.89. The molecule has 0 bridgehead atoms. The molecule has 0 radical (unpaired) electrons. The van der Waals surface area contributed by atoms with Gasteiger partial charge in [-0.25, -0.2) is 15.0 Å². The van der Waals surface area contributed by atoms with Gasteiger partial charge >= 0.3 is 0 Å². The summed E-state index contributed by atoms with van der Waals surface area (Å²) >= 11 is 0. The minimum Gasteiger partial charge on any atom is -0.455 e. The maximum atomic E-state index is 6.59. The summed E-state index contributed by atoms with van der Waals surface area (Å²) in [4.78, 5) is 14.8. The quantitative estimate of drug-likeness (QED) is 0.214. The van der Waals surface area contributed by atoms with Gasteiger partial charge in [0.1, 0.15) is 11.2 Å². The highest BCUT2D eigenvalue weighted by Gasteiger charge is 2.30. The van der Waals surface area contributed by atoms with Crippen LogP contribution in [0, 0.1) is 0 Å². The maximum Gasteiger partial charge on any atom is 0.167 e. The first kappa shape index (κ1) is 24.7. The summed E-state index contributed by atoms with van der Waals surface area (Å²) in [5.41, 5.74) is 10.9. The summed E-state index contributed by atoms with van der Waals surface area (Å²) in [5, 5.41) is 2.13. The number of nitrogens with zero attached hydrogens (tertiary/aromatic N) is 3. The highest BCUT2D eigenvalue weighted by molar-refractivity contribution is 6.09. The van der Waals surface area contributed by atoms with E-state index in [1.807, 2.05) is 66.7 Å². The molecule has 9 rings (SSSR count). The second kappa shape index (κ2) is 9.85. The van der Waals surface area contributed by atoms with E-state index in [2.05, 4.69) is 78.9 Å². The van der Waals surface area contributed by atoms with Crippen molar-refractivity contribution in [1.82, 2.24) is 15.0 Å². The van der Waals surface area contributed by atoms with E-state index in [0.29, 0.717) is 17.5 Å². The van der Waals surface area contributed by atoms with E-state index in [0.717, 1.165) is 38.6 Å². The number of furan rings is 1. The molecule has 1 aliphatic carbocycles. The van der Waals surface area contributed by atoms with Gasteiger partial charge in [0.15, 0.2) is 17.5 Å². The predicted molar refractivity (Wildman–Crippen MR) is 176 cm³/mol. The van der Waals surface area contributed by atoms with Crippen molar-refractivity contribution in [1.29, 1.82) is 0 Å². The maximum absolute atomic E-state index is 6.59. The minimum absolute atomic E-state index is 0.172. The molecule has 4 nitrogen and oxygen atoms in total. The Morgan fingerprint density at radius 2 is 0.977 bits per heavy atom. The number of hydrogen-bond acceptors (Lipinski definition) is 4. The predicted octanol–water partition coefficient (Wildman–Crippen LogP) is 9.93. The molecule has 206 valence electrons. The van der Waals surface area contributed by atoms with Crippen LogP contribution < -0.4 is 0 Å². The van der Waals surface area contributed by atoms with Gasteiger partial charge in [-0.1, -0.05) is 127 Å². The van der Waals surface area contributed by atoms with Crippen LogP contribution in [0.15, 0.2) is 150 Å². The molecule has 0 amide bonds. The molecule has 44 heavy (non-hydrogen) atoms. The molecule has 6 aromatic carbocycles. The molecule has 2 heterocycles. The summed E-state index contributed by atoms with van der Waals surface area (Å²) < 4.78 is 6.59. The van der Waals surface area contributed by atoms with E-state index in [-0.39, 0.29) is 5.92 Å². The van der Waals surface area contributed by atoms with Gasteiger partial charge in [0, 0.05) is 27.8 Å². The van der Waals surface area contributed by atoms with E-state index in [1.54, 1.807) is 0 Å². The van der Waals surface area contributed by atoms with E-state index < -0.39 is 0 Å². The fraction of sp³-hybridized carbons (Fsp3) is 0.0250. The van der Waals surface area contributed by atoms with Crippen molar-refractivity contribution in [3.8, 4) is 45.3 Å². The molecule has 0 unspecified atom stereocenters. The zero-order chi connectivity index (χ0) is 29.0. The molecule has 0 fully saturated rings. The number of aromatic nitrogens is 3. The van der Waals surface area contributed by atoms with Crippen LogP contribution >= 0.6 is 0 Å². The number of para-hydroxylation sites is 1. The van der Waals surface area contributed by atoms with Crippen molar-refractivity contribution in [3.63, 3.8) is 0 Å². The Hall–Kier alpha value is -5.87. The third-order valence-corrected chi connectivity index (χ3v) is 8.63. The number of fused-ring (bicyclic) bond motifs is 6. The molecule has 0 saturated heterocycles. The first-order valence-electron chi connectivity index (χ1n) is 14.8. The Labute approximate surface area is 254 Å². The van der Waals surface area contributed by atoms with Crippen LogP contribution in [0.5, 0.6) is 0 Å². The zero-order valence-electron chi connectivity index (χ0n) is 23.7. The highest BCUT2D eigenvalue weighted by Crippen LogP contribution is 2.48. The summed E-state index contributed by atoms with van der Waals surface area (Å²) in [6.45, 7) is 0. The summed E-state index contributed by atoms with van der Waals surface area (Å²) in [5.74, 6) is 2.01. The van der Waals surface area contributed by atoms with Gasteiger partial charge in [-0.2, -0.15) is 0 Å². The molecule has 0 saturated carbocycles. The molecule has 8 aromatic rings. The van der Waals surface area contributed by atoms with Crippen LogP contribution in [-0.2, 0) is 0 Å². The zero-order valence-corrected chi connectivity index (χ0v) is 23.7. The lowest BCUT2D eigenvalue weighted by Crippen LogP contribution is -2.00. The van der Waals surface area contributed by atoms with Gasteiger partial charge in [-0.05, 0) is 46.0 Å². The normalized spacial score (nSPS) is 12.5. The Kier molecular flexibility index (Phi) is 5.53. The third-order valence-electron chi connectivity index (χ3n) is 8.63. The number of benzene rings is 6. The fourth-order valence-electron chi connectivity index (χ4n) is 6.62. The van der Waals surface area contributed by atoms with Gasteiger partial charge in [-0.3, -0.25) is 0 Å². The Bertz CT molecular complexity index is 2240. The monoisotopic (exact) mass is 563 g/mol. The number of hydrogen-bond donors (Lipinski definition) is 0. The van der Waals surface area contributed by atoms with Crippen molar-refractivity contribution in [2.24, 2.45) is 0 Å². The van der Waals surface area contributed by atoms with E-state index >= 15 is 0 Å². The average molecular weight is 564 g/mol. The van der Waals surface area contributed by atoms with Crippen LogP contribution in [0.3, 0.4) is 0 Å². The van der Waals surface area contributed by atoms with Crippen LogP contribution in [0.1, 0.15) is 22.6 Å². The van der Waals surface area contributed by atoms with Crippen molar-refractivity contribution in [2.75, 3.05) is 0 Å². The Morgan fingerprint density at radius 1 is 0.432 bits per heavy atom. The van der Waals surface area contributed by atoms with E-state index in [4.69, 9.17) is 19.4 Å². The van der Waals surface area contributed by atoms with Gasteiger partial charge < -0.3 is 4.42 Å². The molecule has 0 spiro atoms. The van der Waals surface area contributed by atoms with Crippen LogP contribution in [0.4, 0.5) is 0 Å². The first-order chi connectivity index (χ1) is 21.8. The molecule has 0 aliphatic heterocycles. The topological polar surface area (TPSA) is 51.8 Å². The molecule has 0 atom stereocenters. The first-order valence-corrected chi connectivity index (χ1v) is 14.8. The van der Waals surface area contributed by atoms with Gasteiger partial charge in [0.05, 0.1) is 5.56 Å².